The molecule has 0 unspecified atom stereocenters. The zero-order chi connectivity index (χ0) is 72.1. The van der Waals surface area contributed by atoms with Crippen molar-refractivity contribution in [3.63, 3.8) is 0 Å². The van der Waals surface area contributed by atoms with Crippen LogP contribution in [0.25, 0.3) is 46.1 Å². The van der Waals surface area contributed by atoms with E-state index in [1.165, 1.54) is 22.0 Å². The number of aromatic nitrogens is 6. The summed E-state index contributed by atoms with van der Waals surface area (Å²) in [6, 6.07) is 47.0. The monoisotopic (exact) mass is 1440 g/mol. The van der Waals surface area contributed by atoms with Gasteiger partial charge in [0.1, 0.15) is 60.5 Å². The third-order valence-electron chi connectivity index (χ3n) is 15.6. The number of ether oxygens (including phenoxy) is 4. The van der Waals surface area contributed by atoms with E-state index in [0.717, 1.165) is 55.9 Å². The number of fused-ring (bicyclic) bond motifs is 2. The number of nitrogens with zero attached hydrogens (tertiary/aromatic N) is 8. The molecule has 0 aliphatic carbocycles. The molecule has 11 aromatic rings. The van der Waals surface area contributed by atoms with Crippen molar-refractivity contribution in [2.24, 2.45) is 0 Å². The van der Waals surface area contributed by atoms with Gasteiger partial charge in [0.05, 0.1) is 51.6 Å². The van der Waals surface area contributed by atoms with E-state index in [9.17, 15) is 24.0 Å². The molecule has 516 valence electrons. The highest BCUT2D eigenvalue weighted by Crippen LogP contribution is 2.39. The highest BCUT2D eigenvalue weighted by atomic mass is 35.5. The topological polar surface area (TPSA) is 242 Å². The summed E-state index contributed by atoms with van der Waals surface area (Å²) in [7, 11) is 4.68. The number of benzene rings is 5. The van der Waals surface area contributed by atoms with E-state index in [-0.39, 0.29) is 48.2 Å². The van der Waals surface area contributed by atoms with Crippen molar-refractivity contribution in [3.8, 4) is 23.0 Å². The molecule has 11 rings (SSSR count). The number of halogens is 4. The summed E-state index contributed by atoms with van der Waals surface area (Å²) in [5, 5.41) is 10.5. The van der Waals surface area contributed by atoms with Gasteiger partial charge in [0.2, 0.25) is 23.6 Å². The lowest BCUT2D eigenvalue weighted by molar-refractivity contribution is -0.122. The number of pyridine rings is 6. The third kappa shape index (κ3) is 19.7. The van der Waals surface area contributed by atoms with Crippen molar-refractivity contribution >= 4 is 133 Å². The molecular formula is C78H67Cl4N11O9. The van der Waals surface area contributed by atoms with Crippen LogP contribution in [0, 0.1) is 13.8 Å². The number of anilines is 2. The molecule has 0 saturated carbocycles. The summed E-state index contributed by atoms with van der Waals surface area (Å²) in [6.45, 7) is 3.83. The second kappa shape index (κ2) is 35.5. The van der Waals surface area contributed by atoms with Gasteiger partial charge in [0.15, 0.2) is 0 Å². The van der Waals surface area contributed by atoms with Crippen molar-refractivity contribution in [2.45, 2.75) is 40.3 Å². The fourth-order valence-electron chi connectivity index (χ4n) is 10.1. The molecule has 6 heterocycles. The van der Waals surface area contributed by atoms with Gasteiger partial charge >= 0.3 is 0 Å². The molecule has 5 amide bonds. The maximum absolute atomic E-state index is 13.1. The van der Waals surface area contributed by atoms with Gasteiger partial charge in [0, 0.05) is 125 Å². The molecule has 0 bridgehead atoms. The third-order valence-corrected chi connectivity index (χ3v) is 17.1. The Bertz CT molecular complexity index is 4920. The first-order chi connectivity index (χ1) is 49.4. The van der Waals surface area contributed by atoms with Gasteiger partial charge in [-0.25, -0.2) is 9.97 Å². The summed E-state index contributed by atoms with van der Waals surface area (Å²) in [6.07, 6.45) is 18.2. The lowest BCUT2D eigenvalue weighted by atomic mass is 10.1. The first-order valence-electron chi connectivity index (χ1n) is 31.8. The van der Waals surface area contributed by atoms with Gasteiger partial charge < -0.3 is 44.7 Å². The van der Waals surface area contributed by atoms with Crippen molar-refractivity contribution in [1.82, 2.24) is 45.9 Å². The summed E-state index contributed by atoms with van der Waals surface area (Å²) in [5.41, 5.74) is 9.84. The van der Waals surface area contributed by atoms with Crippen LogP contribution >= 0.6 is 46.4 Å². The molecule has 0 radical (unpaired) electrons. The zero-order valence-electron chi connectivity index (χ0n) is 55.9. The van der Waals surface area contributed by atoms with Crippen LogP contribution < -0.4 is 44.7 Å². The zero-order valence-corrected chi connectivity index (χ0v) is 58.9. The smallest absolute Gasteiger partial charge is 0.251 e. The molecule has 0 spiro atoms. The highest BCUT2D eigenvalue weighted by Gasteiger charge is 2.23. The largest absolute Gasteiger partial charge is 0.487 e. The Labute approximate surface area is 608 Å². The SMILES string of the molecule is CNC(=O)c1ccc(/C=C/C(=O)NCC(=O)N(C)c2ccc(Cl)c(COc3cccc4c(OCc5ccccn5)cc(C)nc34)c2Cl)cc1.Cc1cc(OCc2ccccn2)c2cccc(OCc3c(Cl)ccc(N(C)C(=O)CNC(=O)/C=C/c4ccc(/C=C/c5ccncc5)nc4)c3Cl)c2n1. The molecule has 102 heavy (non-hydrogen) atoms. The van der Waals surface area contributed by atoms with Crippen LogP contribution in [0.5, 0.6) is 23.0 Å². The fraction of sp³-hybridized carbons (Fsp3) is 0.141. The van der Waals surface area contributed by atoms with Crippen LogP contribution in [0.1, 0.15) is 66.6 Å². The summed E-state index contributed by atoms with van der Waals surface area (Å²) in [4.78, 5) is 92.0. The van der Waals surface area contributed by atoms with E-state index >= 15 is 0 Å². The van der Waals surface area contributed by atoms with Gasteiger partial charge in [0.25, 0.3) is 5.91 Å². The van der Waals surface area contributed by atoms with E-state index < -0.39 is 17.7 Å². The quantitative estimate of drug-likeness (QED) is 0.0451. The van der Waals surface area contributed by atoms with E-state index in [4.69, 9.17) is 75.3 Å². The maximum Gasteiger partial charge on any atom is 0.251 e. The number of para-hydroxylation sites is 2. The Kier molecular flexibility index (Phi) is 25.5. The van der Waals surface area contributed by atoms with Crippen LogP contribution in [0.15, 0.2) is 201 Å². The summed E-state index contributed by atoms with van der Waals surface area (Å²) >= 11 is 26.7. The molecule has 0 saturated heterocycles. The molecule has 0 aliphatic heterocycles. The number of aryl methyl sites for hydroxylation is 2. The van der Waals surface area contributed by atoms with E-state index in [1.54, 1.807) is 119 Å². The molecule has 0 aliphatic rings. The minimum absolute atomic E-state index is 0.00196. The van der Waals surface area contributed by atoms with E-state index in [1.807, 2.05) is 129 Å². The van der Waals surface area contributed by atoms with Crippen molar-refractivity contribution in [1.29, 1.82) is 0 Å². The van der Waals surface area contributed by atoms with Crippen LogP contribution in [-0.4, -0.2) is 93.7 Å². The normalized spacial score (nSPS) is 11.1. The first kappa shape index (κ1) is 73.2. The standard InChI is InChI=1S/C41H34Cl2N6O4.C37H33Cl2N5O5/c1-27-22-37(52-25-31-6-3-4-19-45-31)32-7-5-8-36(41(32)48-27)53-26-33-34(42)14-15-35(40(33)43)49(2)39(51)24-47-38(50)16-11-29-10-13-30(46-23-29)12-9-28-17-20-44-21-18-28;1-23-19-32(48-21-26-7-4-5-18-41-26)27-8-6-9-31(36(27)43-23)49-22-28-29(38)15-16-30(35(28)39)44(3)34(46)20-42-33(45)17-12-24-10-13-25(14-11-24)37(47)40-2/h3-23H,24-26H2,1-2H3,(H,47,50);4-19H,20-22H2,1-3H3,(H,40,47)(H,42,45)/b12-9+,16-11+;17-12+. The molecule has 0 fully saturated rings. The Morgan fingerprint density at radius 1 is 0.471 bits per heavy atom. The number of rotatable bonds is 25. The number of nitrogens with one attached hydrogen (secondary N) is 3. The molecule has 5 aromatic carbocycles. The van der Waals surface area contributed by atoms with Gasteiger partial charge in [-0.2, -0.15) is 0 Å². The van der Waals surface area contributed by atoms with Crippen LogP contribution in [-0.2, 0) is 45.6 Å². The van der Waals surface area contributed by atoms with Crippen LogP contribution in [0.3, 0.4) is 0 Å². The Balaban J connectivity index is 0.000000220. The van der Waals surface area contributed by atoms with Gasteiger partial charge in [-0.05, 0) is 152 Å². The van der Waals surface area contributed by atoms with Crippen LogP contribution in [0.2, 0.25) is 20.1 Å². The second-order valence-corrected chi connectivity index (χ2v) is 24.3. The molecule has 3 N–H and O–H groups in total. The minimum atomic E-state index is -0.461. The maximum atomic E-state index is 13.1. The number of likely N-dealkylation sites (N-methyl/N-ethyl adjacent to an activating group) is 2. The highest BCUT2D eigenvalue weighted by molar-refractivity contribution is 6.39. The Morgan fingerprint density at radius 2 is 0.941 bits per heavy atom. The number of carbonyl (C=O) groups is 5. The van der Waals surface area contributed by atoms with Gasteiger partial charge in [-0.3, -0.25) is 43.9 Å². The van der Waals surface area contributed by atoms with Crippen molar-refractivity contribution < 1.29 is 42.9 Å². The Morgan fingerprint density at radius 3 is 1.40 bits per heavy atom. The van der Waals surface area contributed by atoms with Crippen molar-refractivity contribution in [2.75, 3.05) is 44.0 Å². The molecule has 6 aromatic heterocycles. The van der Waals surface area contributed by atoms with Crippen LogP contribution in [0.4, 0.5) is 11.4 Å². The summed E-state index contributed by atoms with van der Waals surface area (Å²) in [5.74, 6) is 0.427. The second-order valence-electron chi connectivity index (χ2n) is 22.7. The molecule has 24 heteroatoms. The number of hydrogen-bond donors (Lipinski definition) is 3. The fourth-order valence-corrected chi connectivity index (χ4v) is 11.3. The predicted molar refractivity (Wildman–Crippen MR) is 400 cm³/mol. The van der Waals surface area contributed by atoms with E-state index in [0.29, 0.717) is 85.4 Å². The first-order valence-corrected chi connectivity index (χ1v) is 33.3. The lowest BCUT2D eigenvalue weighted by Gasteiger charge is -2.21. The summed E-state index contributed by atoms with van der Waals surface area (Å²) < 4.78 is 24.7. The molecular weight excluding hydrogens is 1380 g/mol. The Hall–Kier alpha value is -11.6. The number of hydrogen-bond acceptors (Lipinski definition) is 15. The number of amides is 5. The van der Waals surface area contributed by atoms with Gasteiger partial charge in [-0.15, -0.1) is 0 Å². The average Bonchev–Trinajstić information content (AvgIpc) is 0.903. The average molecular weight is 1440 g/mol. The predicted octanol–water partition coefficient (Wildman–Crippen LogP) is 14.7. The van der Waals surface area contributed by atoms with Crippen molar-refractivity contribution in [3.05, 3.63) is 283 Å². The molecule has 20 nitrogen and oxygen atoms in total. The van der Waals surface area contributed by atoms with E-state index in [2.05, 4.69) is 35.9 Å². The molecule has 0 atom stereocenters. The lowest BCUT2D eigenvalue weighted by Crippen LogP contribution is -2.37. The van der Waals surface area contributed by atoms with Gasteiger partial charge in [-0.1, -0.05) is 94.9 Å². The minimum Gasteiger partial charge on any atom is -0.487 e. The number of carbonyl (C=O) groups excluding carboxylic acids is 5.